The first kappa shape index (κ1) is 7.37. The Morgan fingerprint density at radius 2 is 2.40 bits per heavy atom. The van der Waals surface area contributed by atoms with Crippen molar-refractivity contribution in [2.75, 3.05) is 0 Å². The summed E-state index contributed by atoms with van der Waals surface area (Å²) in [6, 6.07) is 4.94. The van der Waals surface area contributed by atoms with Crippen molar-refractivity contribution >= 4 is 19.3 Å². The molecule has 0 bridgehead atoms. The molecule has 0 aromatic carbocycles. The molecule has 1 N–H and O–H groups in total. The van der Waals surface area contributed by atoms with Crippen LogP contribution in [0.3, 0.4) is 0 Å². The van der Waals surface area contributed by atoms with Gasteiger partial charge in [0.05, 0.1) is 0 Å². The van der Waals surface area contributed by atoms with E-state index in [1.165, 1.54) is 0 Å². The molecule has 0 amide bonds. The minimum absolute atomic E-state index is 0.329. The standard InChI is InChI=1S/C5H5BClNO2/c7-4-2-1-3-5(8-4)10-6-9/h1-3,6,9H. The number of hydrogen-bond acceptors (Lipinski definition) is 3. The van der Waals surface area contributed by atoms with Crippen LogP contribution in [0, 0.1) is 0 Å². The molecular formula is C5H5BClNO2. The van der Waals surface area contributed by atoms with Gasteiger partial charge < -0.3 is 9.68 Å². The third-order valence-corrected chi connectivity index (χ3v) is 1.11. The molecule has 1 heterocycles. The molecule has 0 aliphatic heterocycles. The topological polar surface area (TPSA) is 42.4 Å². The maximum absolute atomic E-state index is 8.31. The summed E-state index contributed by atoms with van der Waals surface area (Å²) >= 11 is 5.51. The van der Waals surface area contributed by atoms with E-state index in [9.17, 15) is 0 Å². The molecular weight excluding hydrogens is 152 g/mol. The van der Waals surface area contributed by atoms with Gasteiger partial charge in [-0.2, -0.15) is 0 Å². The Labute approximate surface area is 63.9 Å². The maximum Gasteiger partial charge on any atom is 0.505 e. The number of hydrogen-bond donors (Lipinski definition) is 1. The minimum atomic E-state index is -0.382. The molecule has 52 valence electrons. The molecule has 5 heteroatoms. The van der Waals surface area contributed by atoms with Gasteiger partial charge in [0, 0.05) is 0 Å². The molecule has 3 nitrogen and oxygen atoms in total. The summed E-state index contributed by atoms with van der Waals surface area (Å²) in [5.74, 6) is 0.329. The number of halogens is 1. The first-order chi connectivity index (χ1) is 4.83. The van der Waals surface area contributed by atoms with Gasteiger partial charge in [-0.05, 0) is 12.1 Å². The van der Waals surface area contributed by atoms with Gasteiger partial charge in [-0.15, -0.1) is 0 Å². The summed E-state index contributed by atoms with van der Waals surface area (Å²) in [5, 5.41) is 8.66. The maximum atomic E-state index is 8.31. The van der Waals surface area contributed by atoms with E-state index < -0.39 is 0 Å². The molecule has 0 saturated heterocycles. The van der Waals surface area contributed by atoms with E-state index in [-0.39, 0.29) is 7.69 Å². The quantitative estimate of drug-likeness (QED) is 0.498. The Morgan fingerprint density at radius 3 is 3.00 bits per heavy atom. The lowest BCUT2D eigenvalue weighted by Gasteiger charge is -1.98. The Kier molecular flexibility index (Phi) is 2.53. The summed E-state index contributed by atoms with van der Waals surface area (Å²) in [6.45, 7) is 0. The van der Waals surface area contributed by atoms with Crippen molar-refractivity contribution in [3.63, 3.8) is 0 Å². The van der Waals surface area contributed by atoms with Crippen LogP contribution >= 0.6 is 11.6 Å². The lowest BCUT2D eigenvalue weighted by molar-refractivity contribution is 0.443. The van der Waals surface area contributed by atoms with Crippen LogP contribution in [0.1, 0.15) is 0 Å². The van der Waals surface area contributed by atoms with E-state index in [4.69, 9.17) is 16.6 Å². The fraction of sp³-hybridized carbons (Fsp3) is 0. The van der Waals surface area contributed by atoms with Crippen molar-refractivity contribution in [3.05, 3.63) is 23.4 Å². The molecule has 0 spiro atoms. The predicted octanol–water partition coefficient (Wildman–Crippen LogP) is 0.373. The molecule has 1 rings (SSSR count). The second-order valence-corrected chi connectivity index (χ2v) is 1.96. The fourth-order valence-electron chi connectivity index (χ4n) is 0.536. The molecule has 10 heavy (non-hydrogen) atoms. The third kappa shape index (κ3) is 1.90. The van der Waals surface area contributed by atoms with Crippen LogP contribution in [0.4, 0.5) is 0 Å². The summed E-state index contributed by atoms with van der Waals surface area (Å²) in [5.41, 5.74) is 0. The zero-order chi connectivity index (χ0) is 7.40. The van der Waals surface area contributed by atoms with Crippen molar-refractivity contribution in [3.8, 4) is 5.88 Å². The van der Waals surface area contributed by atoms with E-state index in [2.05, 4.69) is 9.64 Å². The van der Waals surface area contributed by atoms with E-state index in [0.717, 1.165) is 0 Å². The van der Waals surface area contributed by atoms with Crippen molar-refractivity contribution in [2.45, 2.75) is 0 Å². The first-order valence-electron chi connectivity index (χ1n) is 2.69. The van der Waals surface area contributed by atoms with E-state index in [0.29, 0.717) is 11.0 Å². The minimum Gasteiger partial charge on any atom is -0.525 e. The molecule has 0 radical (unpaired) electrons. The third-order valence-electron chi connectivity index (χ3n) is 0.902. The van der Waals surface area contributed by atoms with Crippen LogP contribution in [0.25, 0.3) is 0 Å². The van der Waals surface area contributed by atoms with Crippen LogP contribution in [-0.2, 0) is 0 Å². The predicted molar refractivity (Wildman–Crippen MR) is 39.2 cm³/mol. The van der Waals surface area contributed by atoms with Crippen LogP contribution in [0.5, 0.6) is 5.88 Å². The molecule has 0 aliphatic carbocycles. The van der Waals surface area contributed by atoms with Crippen molar-refractivity contribution in [1.82, 2.24) is 4.98 Å². The Morgan fingerprint density at radius 1 is 1.60 bits per heavy atom. The molecule has 0 saturated carbocycles. The Balaban J connectivity index is 2.75. The first-order valence-corrected chi connectivity index (χ1v) is 3.07. The second kappa shape index (κ2) is 3.44. The van der Waals surface area contributed by atoms with Gasteiger partial charge in [0.2, 0.25) is 0 Å². The summed E-state index contributed by atoms with van der Waals surface area (Å²) in [7, 11) is -0.382. The Hall–Kier alpha value is -0.735. The lowest BCUT2D eigenvalue weighted by atomic mass is 10.4. The van der Waals surface area contributed by atoms with Crippen molar-refractivity contribution < 1.29 is 9.68 Å². The average Bonchev–Trinajstić information content (AvgIpc) is 1.88. The smallest absolute Gasteiger partial charge is 0.505 e. The molecule has 0 atom stereocenters. The SMILES string of the molecule is OBOc1cccc(Cl)n1. The largest absolute Gasteiger partial charge is 0.525 e. The van der Waals surface area contributed by atoms with Gasteiger partial charge in [-0.1, -0.05) is 17.7 Å². The summed E-state index contributed by atoms with van der Waals surface area (Å²) in [4.78, 5) is 3.75. The monoisotopic (exact) mass is 157 g/mol. The average molecular weight is 157 g/mol. The number of pyridine rings is 1. The van der Waals surface area contributed by atoms with Gasteiger partial charge in [0.1, 0.15) is 5.15 Å². The lowest BCUT2D eigenvalue weighted by Crippen LogP contribution is -2.00. The van der Waals surface area contributed by atoms with Gasteiger partial charge in [-0.3, -0.25) is 0 Å². The zero-order valence-corrected chi connectivity index (χ0v) is 5.88. The van der Waals surface area contributed by atoms with Crippen LogP contribution in [0.2, 0.25) is 5.15 Å². The molecule has 1 aromatic rings. The molecule has 1 aromatic heterocycles. The van der Waals surface area contributed by atoms with Crippen LogP contribution in [-0.4, -0.2) is 17.7 Å². The van der Waals surface area contributed by atoms with E-state index >= 15 is 0 Å². The highest BCUT2D eigenvalue weighted by molar-refractivity contribution is 6.29. The fourth-order valence-corrected chi connectivity index (χ4v) is 0.692. The normalized spacial score (nSPS) is 9.00. The van der Waals surface area contributed by atoms with E-state index in [1.807, 2.05) is 0 Å². The van der Waals surface area contributed by atoms with Gasteiger partial charge >= 0.3 is 7.69 Å². The van der Waals surface area contributed by atoms with Crippen molar-refractivity contribution in [2.24, 2.45) is 0 Å². The van der Waals surface area contributed by atoms with Crippen LogP contribution in [0.15, 0.2) is 18.2 Å². The molecule has 0 unspecified atom stereocenters. The van der Waals surface area contributed by atoms with E-state index in [1.54, 1.807) is 18.2 Å². The van der Waals surface area contributed by atoms with Gasteiger partial charge in [0.15, 0.2) is 5.88 Å². The highest BCUT2D eigenvalue weighted by Crippen LogP contribution is 2.10. The van der Waals surface area contributed by atoms with Crippen LogP contribution < -0.4 is 4.65 Å². The number of nitrogens with zero attached hydrogens (tertiary/aromatic N) is 1. The highest BCUT2D eigenvalue weighted by Gasteiger charge is 1.94. The second-order valence-electron chi connectivity index (χ2n) is 1.57. The number of aromatic nitrogens is 1. The molecule has 0 fully saturated rings. The Bertz CT molecular complexity index is 221. The van der Waals surface area contributed by atoms with Gasteiger partial charge in [-0.25, -0.2) is 4.98 Å². The van der Waals surface area contributed by atoms with Gasteiger partial charge in [0.25, 0.3) is 0 Å². The number of rotatable bonds is 2. The van der Waals surface area contributed by atoms with Crippen molar-refractivity contribution in [1.29, 1.82) is 0 Å². The molecule has 0 aliphatic rings. The summed E-state index contributed by atoms with van der Waals surface area (Å²) in [6.07, 6.45) is 0. The summed E-state index contributed by atoms with van der Waals surface area (Å²) < 4.78 is 4.65. The highest BCUT2D eigenvalue weighted by atomic mass is 35.5. The zero-order valence-electron chi connectivity index (χ0n) is 5.12.